The normalized spacial score (nSPS) is 13.4. The minimum Gasteiger partial charge on any atom is -0.491 e. The number of aromatic nitrogens is 1. The second-order valence-electron chi connectivity index (χ2n) is 7.46. The molecule has 0 unspecified atom stereocenters. The van der Waals surface area contributed by atoms with Gasteiger partial charge in [-0.1, -0.05) is 12.1 Å². The SMILES string of the molecule is Cc1nc2cccc(OC[C@H](C)NC(=O)c3cccc4c3OCCO4)c2c(N)c1C(=O)O. The van der Waals surface area contributed by atoms with Gasteiger partial charge in [0, 0.05) is 0 Å². The van der Waals surface area contributed by atoms with Crippen LogP contribution in [0.3, 0.4) is 0 Å². The van der Waals surface area contributed by atoms with Crippen LogP contribution in [0.25, 0.3) is 10.9 Å². The van der Waals surface area contributed by atoms with Gasteiger partial charge >= 0.3 is 5.97 Å². The number of amides is 1. The van der Waals surface area contributed by atoms with E-state index in [-0.39, 0.29) is 29.8 Å². The summed E-state index contributed by atoms with van der Waals surface area (Å²) in [7, 11) is 0. The highest BCUT2D eigenvalue weighted by Gasteiger charge is 2.22. The Bertz CT molecular complexity index is 1210. The van der Waals surface area contributed by atoms with Crippen LogP contribution in [0, 0.1) is 6.92 Å². The molecule has 0 saturated carbocycles. The third-order valence-electron chi connectivity index (χ3n) is 5.08. The molecule has 0 aliphatic carbocycles. The fourth-order valence-corrected chi connectivity index (χ4v) is 3.64. The molecule has 1 aliphatic heterocycles. The van der Waals surface area contributed by atoms with E-state index in [1.807, 2.05) is 0 Å². The van der Waals surface area contributed by atoms with Gasteiger partial charge in [-0.05, 0) is 38.1 Å². The third kappa shape index (κ3) is 3.96. The van der Waals surface area contributed by atoms with Gasteiger partial charge in [-0.3, -0.25) is 9.78 Å². The number of carbonyl (C=O) groups is 2. The first-order valence-corrected chi connectivity index (χ1v) is 10.1. The number of ether oxygens (including phenoxy) is 3. The van der Waals surface area contributed by atoms with Crippen LogP contribution >= 0.6 is 0 Å². The summed E-state index contributed by atoms with van der Waals surface area (Å²) in [4.78, 5) is 28.7. The molecule has 1 aromatic heterocycles. The summed E-state index contributed by atoms with van der Waals surface area (Å²) in [6.07, 6.45) is 0. The van der Waals surface area contributed by atoms with E-state index >= 15 is 0 Å². The third-order valence-corrected chi connectivity index (χ3v) is 5.08. The van der Waals surface area contributed by atoms with Crippen molar-refractivity contribution in [3.05, 3.63) is 53.2 Å². The van der Waals surface area contributed by atoms with Crippen molar-refractivity contribution in [3.63, 3.8) is 0 Å². The number of hydrogen-bond acceptors (Lipinski definition) is 7. The summed E-state index contributed by atoms with van der Waals surface area (Å²) in [5.41, 5.74) is 7.45. The lowest BCUT2D eigenvalue weighted by atomic mass is 10.1. The van der Waals surface area contributed by atoms with Crippen molar-refractivity contribution in [2.75, 3.05) is 25.6 Å². The van der Waals surface area contributed by atoms with Crippen LogP contribution in [-0.4, -0.2) is 47.8 Å². The van der Waals surface area contributed by atoms with Crippen LogP contribution in [0.4, 0.5) is 5.69 Å². The number of pyridine rings is 1. The van der Waals surface area contributed by atoms with Gasteiger partial charge in [-0.2, -0.15) is 0 Å². The van der Waals surface area contributed by atoms with E-state index in [1.54, 1.807) is 50.2 Å². The standard InChI is InChI=1S/C23H23N3O6/c1-12(25-22(27)14-5-3-8-17-21(14)31-10-9-30-17)11-32-16-7-4-6-15-19(16)20(24)18(23(28)29)13(2)26-15/h3-8,12H,9-11H2,1-2H3,(H2,24,26)(H,25,27)(H,28,29)/t12-/m0/s1. The zero-order chi connectivity index (χ0) is 22.8. The Morgan fingerprint density at radius 1 is 1.22 bits per heavy atom. The van der Waals surface area contributed by atoms with Crippen molar-refractivity contribution in [1.82, 2.24) is 10.3 Å². The Morgan fingerprint density at radius 2 is 1.97 bits per heavy atom. The van der Waals surface area contributed by atoms with E-state index in [2.05, 4.69) is 10.3 Å². The maximum atomic E-state index is 12.8. The number of aromatic carboxylic acids is 1. The smallest absolute Gasteiger partial charge is 0.339 e. The molecule has 1 atom stereocenters. The number of nitrogens with zero attached hydrogens (tertiary/aromatic N) is 1. The van der Waals surface area contributed by atoms with Gasteiger partial charge in [0.05, 0.1) is 33.9 Å². The summed E-state index contributed by atoms with van der Waals surface area (Å²) in [5, 5.41) is 12.8. The molecule has 2 aromatic carbocycles. The van der Waals surface area contributed by atoms with Gasteiger partial charge in [0.1, 0.15) is 31.1 Å². The molecule has 0 spiro atoms. The van der Waals surface area contributed by atoms with Crippen LogP contribution in [0.1, 0.15) is 33.3 Å². The maximum absolute atomic E-state index is 12.8. The van der Waals surface area contributed by atoms with Crippen molar-refractivity contribution < 1.29 is 28.9 Å². The lowest BCUT2D eigenvalue weighted by Crippen LogP contribution is -2.37. The highest BCUT2D eigenvalue weighted by molar-refractivity contribution is 6.06. The van der Waals surface area contributed by atoms with Gasteiger partial charge < -0.3 is 30.4 Å². The van der Waals surface area contributed by atoms with Crippen LogP contribution in [0.2, 0.25) is 0 Å². The molecule has 0 fully saturated rings. The van der Waals surface area contributed by atoms with E-state index in [4.69, 9.17) is 19.9 Å². The van der Waals surface area contributed by atoms with Crippen LogP contribution in [-0.2, 0) is 0 Å². The summed E-state index contributed by atoms with van der Waals surface area (Å²) >= 11 is 0. The number of nitrogens with one attached hydrogen (secondary N) is 1. The monoisotopic (exact) mass is 437 g/mol. The maximum Gasteiger partial charge on any atom is 0.339 e. The fourth-order valence-electron chi connectivity index (χ4n) is 3.64. The molecule has 3 aromatic rings. The number of nitrogen functional groups attached to an aromatic ring is 1. The fraction of sp³-hybridized carbons (Fsp3) is 0.261. The van der Waals surface area contributed by atoms with Crippen LogP contribution in [0.5, 0.6) is 17.2 Å². The van der Waals surface area contributed by atoms with Gasteiger partial charge in [-0.15, -0.1) is 0 Å². The molecule has 4 N–H and O–H groups in total. The van der Waals surface area contributed by atoms with Gasteiger partial charge in [0.25, 0.3) is 5.91 Å². The summed E-state index contributed by atoms with van der Waals surface area (Å²) in [6, 6.07) is 9.97. The molecular weight excluding hydrogens is 414 g/mol. The lowest BCUT2D eigenvalue weighted by Gasteiger charge is -2.22. The first kappa shape index (κ1) is 21.2. The van der Waals surface area contributed by atoms with Crippen LogP contribution in [0.15, 0.2) is 36.4 Å². The second kappa shape index (κ2) is 8.62. The van der Waals surface area contributed by atoms with Crippen molar-refractivity contribution in [1.29, 1.82) is 0 Å². The molecule has 166 valence electrons. The molecule has 0 saturated heterocycles. The number of fused-ring (bicyclic) bond motifs is 2. The lowest BCUT2D eigenvalue weighted by molar-refractivity contribution is 0.0696. The Labute approximate surface area is 184 Å². The molecule has 2 heterocycles. The number of carbonyl (C=O) groups excluding carboxylic acids is 1. The molecule has 9 nitrogen and oxygen atoms in total. The molecule has 32 heavy (non-hydrogen) atoms. The Kier molecular flexibility index (Phi) is 5.72. The number of nitrogens with two attached hydrogens (primary N) is 1. The molecule has 4 rings (SSSR count). The van der Waals surface area contributed by atoms with Crippen molar-refractivity contribution in [2.24, 2.45) is 0 Å². The number of aryl methyl sites for hydroxylation is 1. The number of benzene rings is 2. The van der Waals surface area contributed by atoms with Crippen LogP contribution < -0.4 is 25.3 Å². The number of anilines is 1. The molecule has 1 amide bonds. The zero-order valence-corrected chi connectivity index (χ0v) is 17.7. The number of para-hydroxylation sites is 1. The first-order chi connectivity index (χ1) is 15.4. The molecule has 9 heteroatoms. The summed E-state index contributed by atoms with van der Waals surface area (Å²) < 4.78 is 17.0. The minimum absolute atomic E-state index is 0.0500. The summed E-state index contributed by atoms with van der Waals surface area (Å²) in [5.74, 6) is -0.108. The van der Waals surface area contributed by atoms with Gasteiger partial charge in [-0.25, -0.2) is 4.79 Å². The van der Waals surface area contributed by atoms with E-state index < -0.39 is 5.97 Å². The Hall–Kier alpha value is -4.01. The zero-order valence-electron chi connectivity index (χ0n) is 17.7. The van der Waals surface area contributed by atoms with Crippen molar-refractivity contribution >= 4 is 28.5 Å². The number of carboxylic acids is 1. The van der Waals surface area contributed by atoms with Crippen molar-refractivity contribution in [2.45, 2.75) is 19.9 Å². The Balaban J connectivity index is 1.51. The second-order valence-corrected chi connectivity index (χ2v) is 7.46. The number of carboxylic acid groups (broad SMARTS) is 1. The minimum atomic E-state index is -1.15. The number of hydrogen-bond donors (Lipinski definition) is 3. The molecule has 1 aliphatic rings. The van der Waals surface area contributed by atoms with Gasteiger partial charge in [0.15, 0.2) is 11.5 Å². The molecule has 0 bridgehead atoms. The van der Waals surface area contributed by atoms with Gasteiger partial charge in [0.2, 0.25) is 0 Å². The quantitative estimate of drug-likeness (QED) is 0.536. The predicted octanol–water partition coefficient (Wildman–Crippen LogP) is 2.79. The number of rotatable bonds is 6. The van der Waals surface area contributed by atoms with Crippen molar-refractivity contribution in [3.8, 4) is 17.2 Å². The largest absolute Gasteiger partial charge is 0.491 e. The Morgan fingerprint density at radius 3 is 2.75 bits per heavy atom. The van der Waals surface area contributed by atoms with E-state index in [1.165, 1.54) is 0 Å². The topological polar surface area (TPSA) is 133 Å². The van der Waals surface area contributed by atoms with E-state index in [0.29, 0.717) is 52.6 Å². The van der Waals surface area contributed by atoms with E-state index in [9.17, 15) is 14.7 Å². The molecular formula is C23H23N3O6. The average molecular weight is 437 g/mol. The van der Waals surface area contributed by atoms with E-state index in [0.717, 1.165) is 0 Å². The summed E-state index contributed by atoms with van der Waals surface area (Å²) in [6.45, 7) is 4.34. The average Bonchev–Trinajstić information content (AvgIpc) is 2.76. The predicted molar refractivity (Wildman–Crippen MR) is 118 cm³/mol. The molecule has 0 radical (unpaired) electrons. The highest BCUT2D eigenvalue weighted by Crippen LogP contribution is 2.34. The first-order valence-electron chi connectivity index (χ1n) is 10.1. The highest BCUT2D eigenvalue weighted by atomic mass is 16.6.